The Hall–Kier alpha value is -0.740. The van der Waals surface area contributed by atoms with Crippen LogP contribution >= 0.6 is 0 Å². The molecule has 4 N–H and O–H groups in total. The molecule has 3 unspecified atom stereocenters. The van der Waals surface area contributed by atoms with Crippen LogP contribution in [-0.4, -0.2) is 23.7 Å². The van der Waals surface area contributed by atoms with Crippen molar-refractivity contribution in [3.8, 4) is 0 Å². The van der Waals surface area contributed by atoms with E-state index in [9.17, 15) is 9.59 Å². The number of ketones is 2. The fourth-order valence-electron chi connectivity index (χ4n) is 2.64. The van der Waals surface area contributed by atoms with Crippen molar-refractivity contribution in [2.24, 2.45) is 35.1 Å². The molecule has 5 atom stereocenters. The van der Waals surface area contributed by atoms with Crippen LogP contribution in [0.2, 0.25) is 0 Å². The van der Waals surface area contributed by atoms with Gasteiger partial charge >= 0.3 is 0 Å². The first-order valence-electron chi connectivity index (χ1n) is 8.70. The van der Waals surface area contributed by atoms with Crippen LogP contribution in [0.15, 0.2) is 0 Å². The minimum atomic E-state index is -0.386. The van der Waals surface area contributed by atoms with Crippen molar-refractivity contribution >= 4 is 11.6 Å². The highest BCUT2D eigenvalue weighted by Crippen LogP contribution is 2.20. The molecular formula is C18H36N2O2. The van der Waals surface area contributed by atoms with Crippen LogP contribution in [0.3, 0.4) is 0 Å². The lowest BCUT2D eigenvalue weighted by Gasteiger charge is -2.23. The molecule has 0 spiro atoms. The molecule has 130 valence electrons. The van der Waals surface area contributed by atoms with E-state index in [4.69, 9.17) is 11.5 Å². The Bertz CT molecular complexity index is 355. The first-order chi connectivity index (χ1) is 10.1. The Morgan fingerprint density at radius 3 is 1.91 bits per heavy atom. The average Bonchev–Trinajstić information content (AvgIpc) is 2.48. The Labute approximate surface area is 136 Å². The minimum absolute atomic E-state index is 0.0174. The molecule has 0 aromatic heterocycles. The molecule has 0 heterocycles. The van der Waals surface area contributed by atoms with Gasteiger partial charge in [0.15, 0.2) is 11.6 Å². The quantitative estimate of drug-likeness (QED) is 0.614. The van der Waals surface area contributed by atoms with Crippen molar-refractivity contribution in [2.75, 3.05) is 0 Å². The Balaban J connectivity index is 4.26. The second-order valence-electron chi connectivity index (χ2n) is 7.30. The average molecular weight is 312 g/mol. The number of Topliss-reactive ketones (excluding diaryl/α,β-unsaturated/α-hetero) is 2. The van der Waals surface area contributed by atoms with Gasteiger partial charge in [0.25, 0.3) is 0 Å². The SMILES string of the molecule is CCC(C)[C@@H](N)C(=O)C(C)CCC(C)C[C@@H](N)C(=O)C(C)C. The lowest BCUT2D eigenvalue weighted by molar-refractivity contribution is -0.125. The highest BCUT2D eigenvalue weighted by Gasteiger charge is 2.25. The first kappa shape index (κ1) is 21.3. The van der Waals surface area contributed by atoms with Crippen molar-refractivity contribution in [3.63, 3.8) is 0 Å². The van der Waals surface area contributed by atoms with Gasteiger partial charge in [0.2, 0.25) is 0 Å². The van der Waals surface area contributed by atoms with Crippen LogP contribution in [-0.2, 0) is 9.59 Å². The number of nitrogens with two attached hydrogens (primary N) is 2. The monoisotopic (exact) mass is 312 g/mol. The van der Waals surface area contributed by atoms with Crippen LogP contribution in [0.5, 0.6) is 0 Å². The van der Waals surface area contributed by atoms with Gasteiger partial charge in [-0.2, -0.15) is 0 Å². The number of carbonyl (C=O) groups excluding carboxylic acids is 2. The maximum absolute atomic E-state index is 12.3. The summed E-state index contributed by atoms with van der Waals surface area (Å²) in [5.74, 6) is 0.802. The van der Waals surface area contributed by atoms with Crippen LogP contribution in [0.4, 0.5) is 0 Å². The van der Waals surface area contributed by atoms with Gasteiger partial charge in [0.05, 0.1) is 12.1 Å². The van der Waals surface area contributed by atoms with Crippen molar-refractivity contribution in [2.45, 2.75) is 79.3 Å². The van der Waals surface area contributed by atoms with E-state index in [-0.39, 0.29) is 41.4 Å². The topological polar surface area (TPSA) is 86.2 Å². The standard InChI is InChI=1S/C18H36N2O2/c1-7-13(5)16(20)18(22)14(6)9-8-12(4)10-15(19)17(21)11(2)3/h11-16H,7-10,19-20H2,1-6H3/t12?,13?,14?,15-,16-/m1/s1. The van der Waals surface area contributed by atoms with E-state index in [1.54, 1.807) is 0 Å². The van der Waals surface area contributed by atoms with E-state index in [0.29, 0.717) is 12.3 Å². The van der Waals surface area contributed by atoms with Gasteiger partial charge in [-0.1, -0.05) is 48.0 Å². The number of rotatable bonds is 11. The summed E-state index contributed by atoms with van der Waals surface area (Å²) in [4.78, 5) is 24.1. The number of carbonyl (C=O) groups is 2. The van der Waals surface area contributed by atoms with E-state index >= 15 is 0 Å². The van der Waals surface area contributed by atoms with E-state index in [1.165, 1.54) is 0 Å². The van der Waals surface area contributed by atoms with E-state index in [0.717, 1.165) is 19.3 Å². The maximum Gasteiger partial charge on any atom is 0.152 e. The van der Waals surface area contributed by atoms with Gasteiger partial charge in [0, 0.05) is 11.8 Å². The molecule has 0 saturated heterocycles. The molecule has 0 saturated carbocycles. The predicted octanol–water partition coefficient (Wildman–Crippen LogP) is 2.92. The van der Waals surface area contributed by atoms with Gasteiger partial charge < -0.3 is 11.5 Å². The van der Waals surface area contributed by atoms with Gasteiger partial charge in [-0.25, -0.2) is 0 Å². The molecule has 4 heteroatoms. The normalized spacial score (nSPS) is 18.6. The Morgan fingerprint density at radius 2 is 1.45 bits per heavy atom. The maximum atomic E-state index is 12.3. The van der Waals surface area contributed by atoms with Crippen molar-refractivity contribution < 1.29 is 9.59 Å². The number of hydrogen-bond donors (Lipinski definition) is 2. The molecule has 0 aliphatic heterocycles. The first-order valence-corrected chi connectivity index (χ1v) is 8.70. The van der Waals surface area contributed by atoms with Gasteiger partial charge in [-0.05, 0) is 31.1 Å². The van der Waals surface area contributed by atoms with Gasteiger partial charge in [-0.3, -0.25) is 9.59 Å². The molecule has 0 rings (SSSR count). The van der Waals surface area contributed by atoms with Crippen molar-refractivity contribution in [3.05, 3.63) is 0 Å². The summed E-state index contributed by atoms with van der Waals surface area (Å²) < 4.78 is 0. The molecule has 0 fully saturated rings. The highest BCUT2D eigenvalue weighted by molar-refractivity contribution is 5.86. The molecule has 0 radical (unpaired) electrons. The third-order valence-electron chi connectivity index (χ3n) is 4.75. The number of hydrogen-bond acceptors (Lipinski definition) is 4. The van der Waals surface area contributed by atoms with Crippen LogP contribution in [0.1, 0.15) is 67.2 Å². The van der Waals surface area contributed by atoms with E-state index in [2.05, 4.69) is 13.8 Å². The second kappa shape index (κ2) is 10.1. The van der Waals surface area contributed by atoms with Crippen molar-refractivity contribution in [1.29, 1.82) is 0 Å². The lowest BCUT2D eigenvalue weighted by atomic mass is 9.85. The minimum Gasteiger partial charge on any atom is -0.321 e. The summed E-state index contributed by atoms with van der Waals surface area (Å²) in [6.45, 7) is 11.9. The molecule has 22 heavy (non-hydrogen) atoms. The summed E-state index contributed by atoms with van der Waals surface area (Å²) in [7, 11) is 0. The summed E-state index contributed by atoms with van der Waals surface area (Å²) in [6.07, 6.45) is 3.32. The molecule has 0 aromatic rings. The fourth-order valence-corrected chi connectivity index (χ4v) is 2.64. The summed E-state index contributed by atoms with van der Waals surface area (Å²) in [5, 5.41) is 0. The molecule has 0 amide bonds. The van der Waals surface area contributed by atoms with Crippen molar-refractivity contribution in [1.82, 2.24) is 0 Å². The second-order valence-corrected chi connectivity index (χ2v) is 7.30. The van der Waals surface area contributed by atoms with Crippen LogP contribution in [0, 0.1) is 23.7 Å². The molecular weight excluding hydrogens is 276 g/mol. The van der Waals surface area contributed by atoms with E-state index < -0.39 is 0 Å². The summed E-state index contributed by atoms with van der Waals surface area (Å²) in [6, 6.07) is -0.747. The summed E-state index contributed by atoms with van der Waals surface area (Å²) in [5.41, 5.74) is 12.0. The van der Waals surface area contributed by atoms with Gasteiger partial charge in [-0.15, -0.1) is 0 Å². The highest BCUT2D eigenvalue weighted by atomic mass is 16.1. The van der Waals surface area contributed by atoms with Crippen LogP contribution < -0.4 is 11.5 Å². The zero-order chi connectivity index (χ0) is 17.4. The molecule has 4 nitrogen and oxygen atoms in total. The van der Waals surface area contributed by atoms with E-state index in [1.807, 2.05) is 27.7 Å². The Morgan fingerprint density at radius 1 is 0.909 bits per heavy atom. The third-order valence-corrected chi connectivity index (χ3v) is 4.75. The summed E-state index contributed by atoms with van der Waals surface area (Å²) >= 11 is 0. The van der Waals surface area contributed by atoms with Crippen LogP contribution in [0.25, 0.3) is 0 Å². The fraction of sp³-hybridized carbons (Fsp3) is 0.889. The molecule has 0 bridgehead atoms. The zero-order valence-corrected chi connectivity index (χ0v) is 15.3. The van der Waals surface area contributed by atoms with Gasteiger partial charge in [0.1, 0.15) is 0 Å². The smallest absolute Gasteiger partial charge is 0.152 e. The zero-order valence-electron chi connectivity index (χ0n) is 15.3. The molecule has 0 aromatic carbocycles. The third kappa shape index (κ3) is 7.01. The largest absolute Gasteiger partial charge is 0.321 e. The Kier molecular flexibility index (Phi) is 9.77. The predicted molar refractivity (Wildman–Crippen MR) is 92.4 cm³/mol. The molecule has 0 aliphatic rings. The molecule has 0 aliphatic carbocycles. The lowest BCUT2D eigenvalue weighted by Crippen LogP contribution is -2.40.